The molecule has 1 aromatic heterocycles. The summed E-state index contributed by atoms with van der Waals surface area (Å²) in [4.78, 5) is 5.00. The Kier molecular flexibility index (Phi) is 7.01. The number of sulfonamides is 1. The first-order valence-electron chi connectivity index (χ1n) is 8.08. The van der Waals surface area contributed by atoms with Crippen molar-refractivity contribution in [1.29, 1.82) is 0 Å². The zero-order valence-electron chi connectivity index (χ0n) is 15.0. The predicted octanol–water partition coefficient (Wildman–Crippen LogP) is 1.84. The lowest BCUT2D eigenvalue weighted by Gasteiger charge is -2.18. The maximum atomic E-state index is 11.3. The summed E-state index contributed by atoms with van der Waals surface area (Å²) in [6.07, 6.45) is -0.0506. The number of aryl methyl sites for hydroxylation is 1. The molecule has 2 rings (SSSR count). The van der Waals surface area contributed by atoms with Crippen LogP contribution >= 0.6 is 11.3 Å². The van der Waals surface area contributed by atoms with Crippen LogP contribution in [-0.2, 0) is 16.6 Å². The molecule has 1 aromatic carbocycles. The molecule has 1 atom stereocenters. The lowest BCUT2D eigenvalue weighted by Crippen LogP contribution is -2.41. The summed E-state index contributed by atoms with van der Waals surface area (Å²) in [6, 6.07) is 11.1. The highest BCUT2D eigenvalue weighted by Gasteiger charge is 2.12. The van der Waals surface area contributed by atoms with Gasteiger partial charge in [0, 0.05) is 11.9 Å². The van der Waals surface area contributed by atoms with Crippen LogP contribution in [0.2, 0.25) is 0 Å². The van der Waals surface area contributed by atoms with E-state index in [4.69, 9.17) is 9.88 Å². The van der Waals surface area contributed by atoms with E-state index in [1.807, 2.05) is 38.1 Å². The highest BCUT2D eigenvalue weighted by atomic mass is 32.2. The van der Waals surface area contributed by atoms with Crippen LogP contribution in [0.4, 0.5) is 0 Å². The van der Waals surface area contributed by atoms with Gasteiger partial charge in [-0.25, -0.2) is 13.6 Å². The van der Waals surface area contributed by atoms with Crippen molar-refractivity contribution in [3.8, 4) is 5.75 Å². The van der Waals surface area contributed by atoms with Gasteiger partial charge in [0.2, 0.25) is 10.0 Å². The van der Waals surface area contributed by atoms with Crippen molar-refractivity contribution < 1.29 is 13.2 Å². The van der Waals surface area contributed by atoms with Crippen molar-refractivity contribution in [3.05, 3.63) is 46.8 Å². The molecule has 4 N–H and O–H groups in total. The van der Waals surface area contributed by atoms with Crippen molar-refractivity contribution in [2.24, 2.45) is 10.1 Å². The van der Waals surface area contributed by atoms with E-state index < -0.39 is 10.0 Å². The minimum atomic E-state index is -3.65. The summed E-state index contributed by atoms with van der Waals surface area (Å²) < 4.78 is 28.7. The van der Waals surface area contributed by atoms with E-state index in [0.29, 0.717) is 19.0 Å². The number of aliphatic imine (C=N–C) groups is 1. The summed E-state index contributed by atoms with van der Waals surface area (Å²) in [5.41, 5.74) is 1.09. The summed E-state index contributed by atoms with van der Waals surface area (Å²) in [7, 11) is -1.98. The molecule has 0 aliphatic rings. The Morgan fingerprint density at radius 1 is 1.27 bits per heavy atom. The Balaban J connectivity index is 1.82. The predicted molar refractivity (Wildman–Crippen MR) is 105 cm³/mol. The smallest absolute Gasteiger partial charge is 0.247 e. The molecule has 0 aliphatic heterocycles. The van der Waals surface area contributed by atoms with Gasteiger partial charge in [-0.05, 0) is 37.6 Å². The van der Waals surface area contributed by atoms with E-state index in [1.54, 1.807) is 13.1 Å². The van der Waals surface area contributed by atoms with Gasteiger partial charge in [0.05, 0.1) is 13.1 Å². The number of nitrogens with two attached hydrogens (primary N) is 1. The summed E-state index contributed by atoms with van der Waals surface area (Å²) in [5, 5.41) is 11.5. The van der Waals surface area contributed by atoms with Crippen molar-refractivity contribution >= 4 is 27.3 Å². The quantitative estimate of drug-likeness (QED) is 0.489. The number of nitrogens with one attached hydrogen (secondary N) is 2. The molecule has 26 heavy (non-hydrogen) atoms. The Hall–Kier alpha value is -2.10. The van der Waals surface area contributed by atoms with Crippen molar-refractivity contribution in [3.63, 3.8) is 0 Å². The van der Waals surface area contributed by atoms with E-state index in [2.05, 4.69) is 15.6 Å². The topological polar surface area (TPSA) is 106 Å². The Labute approximate surface area is 158 Å². The molecule has 2 aromatic rings. The maximum absolute atomic E-state index is 11.3. The van der Waals surface area contributed by atoms with E-state index in [-0.39, 0.29) is 10.3 Å². The van der Waals surface area contributed by atoms with Crippen LogP contribution in [-0.4, -0.2) is 34.1 Å². The second-order valence-electron chi connectivity index (χ2n) is 5.77. The van der Waals surface area contributed by atoms with Gasteiger partial charge in [0.25, 0.3) is 0 Å². The largest absolute Gasteiger partial charge is 0.489 e. The second kappa shape index (κ2) is 9.02. The Morgan fingerprint density at radius 3 is 2.62 bits per heavy atom. The molecule has 0 fully saturated rings. The first-order chi connectivity index (χ1) is 12.3. The lowest BCUT2D eigenvalue weighted by atomic mass is 10.2. The fourth-order valence-electron chi connectivity index (χ4n) is 2.19. The highest BCUT2D eigenvalue weighted by Crippen LogP contribution is 2.20. The summed E-state index contributed by atoms with van der Waals surface area (Å²) in [5.74, 6) is 1.47. The SMILES string of the molecule is CN=C(NCc1ccc(S(N)(=O)=O)s1)NCC(C)Oc1ccccc1C. The third-order valence-electron chi connectivity index (χ3n) is 3.55. The molecule has 0 radical (unpaired) electrons. The maximum Gasteiger partial charge on any atom is 0.247 e. The first-order valence-corrected chi connectivity index (χ1v) is 10.4. The summed E-state index contributed by atoms with van der Waals surface area (Å²) in [6.45, 7) is 5.00. The van der Waals surface area contributed by atoms with Crippen molar-refractivity contribution in [1.82, 2.24) is 10.6 Å². The number of thiophene rings is 1. The van der Waals surface area contributed by atoms with Crippen molar-refractivity contribution in [2.45, 2.75) is 30.7 Å². The van der Waals surface area contributed by atoms with Gasteiger partial charge in [-0.15, -0.1) is 11.3 Å². The molecular formula is C17H24N4O3S2. The number of guanidine groups is 1. The molecule has 1 unspecified atom stereocenters. The molecule has 0 spiro atoms. The van der Waals surface area contributed by atoms with E-state index >= 15 is 0 Å². The van der Waals surface area contributed by atoms with Crippen molar-refractivity contribution in [2.75, 3.05) is 13.6 Å². The third-order valence-corrected chi connectivity index (χ3v) is 6.07. The molecule has 1 heterocycles. The average Bonchev–Trinajstić information content (AvgIpc) is 3.06. The molecule has 142 valence electrons. The minimum absolute atomic E-state index is 0.0506. The van der Waals surface area contributed by atoms with Crippen LogP contribution in [0.3, 0.4) is 0 Å². The lowest BCUT2D eigenvalue weighted by molar-refractivity contribution is 0.222. The van der Waals surface area contributed by atoms with Crippen LogP contribution in [0.25, 0.3) is 0 Å². The van der Waals surface area contributed by atoms with E-state index in [9.17, 15) is 8.42 Å². The van der Waals surface area contributed by atoms with E-state index in [1.165, 1.54) is 6.07 Å². The Morgan fingerprint density at radius 2 is 2.00 bits per heavy atom. The molecule has 9 heteroatoms. The highest BCUT2D eigenvalue weighted by molar-refractivity contribution is 7.91. The Bertz CT molecular complexity index is 862. The summed E-state index contributed by atoms with van der Waals surface area (Å²) >= 11 is 1.14. The van der Waals surface area contributed by atoms with Gasteiger partial charge >= 0.3 is 0 Å². The third kappa shape index (κ3) is 6.01. The molecule has 0 amide bonds. The molecular weight excluding hydrogens is 372 g/mol. The number of ether oxygens (including phenoxy) is 1. The van der Waals surface area contributed by atoms with Gasteiger partial charge in [-0.3, -0.25) is 4.99 Å². The zero-order valence-corrected chi connectivity index (χ0v) is 16.7. The van der Waals surface area contributed by atoms with Gasteiger partial charge < -0.3 is 15.4 Å². The minimum Gasteiger partial charge on any atom is -0.489 e. The van der Waals surface area contributed by atoms with Gasteiger partial charge in [0.15, 0.2) is 5.96 Å². The monoisotopic (exact) mass is 396 g/mol. The average molecular weight is 397 g/mol. The number of hydrogen-bond donors (Lipinski definition) is 3. The fraction of sp³-hybridized carbons (Fsp3) is 0.353. The van der Waals surface area contributed by atoms with Crippen LogP contribution in [0.5, 0.6) is 5.75 Å². The zero-order chi connectivity index (χ0) is 19.2. The van der Waals surface area contributed by atoms with E-state index in [0.717, 1.165) is 27.5 Å². The standard InChI is InChI=1S/C17H24N4O3S2/c1-12-6-4-5-7-15(12)24-13(2)10-20-17(19-3)21-11-14-8-9-16(25-14)26(18,22)23/h4-9,13H,10-11H2,1-3H3,(H2,18,22,23)(H2,19,20,21). The van der Waals surface area contributed by atoms with Crippen LogP contribution in [0.15, 0.2) is 45.6 Å². The first kappa shape index (κ1) is 20.2. The second-order valence-corrected chi connectivity index (χ2v) is 8.72. The molecule has 0 saturated heterocycles. The number of hydrogen-bond acceptors (Lipinski definition) is 5. The van der Waals surface area contributed by atoms with Gasteiger partial charge in [-0.2, -0.15) is 0 Å². The van der Waals surface area contributed by atoms with Crippen LogP contribution < -0.4 is 20.5 Å². The molecule has 0 aliphatic carbocycles. The molecule has 7 nitrogen and oxygen atoms in total. The number of nitrogens with zero attached hydrogens (tertiary/aromatic N) is 1. The molecule has 0 bridgehead atoms. The number of primary sulfonamides is 1. The normalized spacial score (nSPS) is 13.3. The molecule has 0 saturated carbocycles. The fourth-order valence-corrected chi connectivity index (χ4v) is 3.90. The number of benzene rings is 1. The number of para-hydroxylation sites is 1. The number of rotatable bonds is 7. The van der Waals surface area contributed by atoms with Crippen LogP contribution in [0.1, 0.15) is 17.4 Å². The van der Waals surface area contributed by atoms with Gasteiger partial charge in [-0.1, -0.05) is 18.2 Å². The van der Waals surface area contributed by atoms with Crippen LogP contribution in [0, 0.1) is 6.92 Å². The van der Waals surface area contributed by atoms with Gasteiger partial charge in [0.1, 0.15) is 16.1 Å².